The van der Waals surface area contributed by atoms with Gasteiger partial charge in [0.1, 0.15) is 5.76 Å². The summed E-state index contributed by atoms with van der Waals surface area (Å²) in [5.41, 5.74) is 2.54. The standard InChI is InChI=1S/C18H19ClN4O3/c1-11-15(12(2)25-21-11)10-23(3)17(24)9-8-16-20-18(22-26-16)13-4-6-14(19)7-5-13/h4-7H,8-10H2,1-3H3. The van der Waals surface area contributed by atoms with Gasteiger partial charge >= 0.3 is 0 Å². The molecule has 0 aliphatic rings. The van der Waals surface area contributed by atoms with Crippen LogP contribution in [0.2, 0.25) is 5.02 Å². The van der Waals surface area contributed by atoms with E-state index in [1.165, 1.54) is 0 Å². The Morgan fingerprint density at radius 1 is 1.15 bits per heavy atom. The second-order valence-corrected chi connectivity index (χ2v) is 6.51. The van der Waals surface area contributed by atoms with Crippen molar-refractivity contribution >= 4 is 17.5 Å². The Morgan fingerprint density at radius 3 is 2.54 bits per heavy atom. The van der Waals surface area contributed by atoms with Gasteiger partial charge in [-0.1, -0.05) is 21.9 Å². The third-order valence-electron chi connectivity index (χ3n) is 4.13. The van der Waals surface area contributed by atoms with Crippen LogP contribution in [0.4, 0.5) is 0 Å². The molecule has 2 aromatic heterocycles. The quantitative estimate of drug-likeness (QED) is 0.655. The van der Waals surface area contributed by atoms with Gasteiger partial charge in [0.25, 0.3) is 0 Å². The molecular weight excluding hydrogens is 356 g/mol. The van der Waals surface area contributed by atoms with E-state index in [4.69, 9.17) is 20.6 Å². The van der Waals surface area contributed by atoms with Crippen molar-refractivity contribution in [1.82, 2.24) is 20.2 Å². The molecule has 0 saturated carbocycles. The predicted molar refractivity (Wildman–Crippen MR) is 95.5 cm³/mol. The maximum atomic E-state index is 12.3. The minimum atomic E-state index is -0.0174. The second kappa shape index (κ2) is 7.70. The van der Waals surface area contributed by atoms with Gasteiger partial charge in [0.05, 0.1) is 12.2 Å². The van der Waals surface area contributed by atoms with Crippen molar-refractivity contribution in [3.05, 3.63) is 52.2 Å². The number of hydrogen-bond acceptors (Lipinski definition) is 6. The van der Waals surface area contributed by atoms with E-state index in [1.807, 2.05) is 26.0 Å². The molecule has 2 heterocycles. The van der Waals surface area contributed by atoms with Gasteiger partial charge < -0.3 is 13.9 Å². The zero-order valence-corrected chi connectivity index (χ0v) is 15.6. The number of hydrogen-bond donors (Lipinski definition) is 0. The third-order valence-corrected chi connectivity index (χ3v) is 4.38. The van der Waals surface area contributed by atoms with Gasteiger partial charge in [0, 0.05) is 36.0 Å². The highest BCUT2D eigenvalue weighted by Crippen LogP contribution is 2.19. The van der Waals surface area contributed by atoms with E-state index in [9.17, 15) is 4.79 Å². The summed E-state index contributed by atoms with van der Waals surface area (Å²) in [6, 6.07) is 7.17. The summed E-state index contributed by atoms with van der Waals surface area (Å²) in [4.78, 5) is 18.3. The van der Waals surface area contributed by atoms with Crippen LogP contribution in [0.25, 0.3) is 11.4 Å². The lowest BCUT2D eigenvalue weighted by Gasteiger charge is -2.16. The van der Waals surface area contributed by atoms with Crippen LogP contribution in [0.3, 0.4) is 0 Å². The van der Waals surface area contributed by atoms with Crippen LogP contribution in [0, 0.1) is 13.8 Å². The van der Waals surface area contributed by atoms with Gasteiger partial charge in [-0.2, -0.15) is 4.98 Å². The summed E-state index contributed by atoms with van der Waals surface area (Å²) in [5, 5.41) is 8.50. The number of aryl methyl sites for hydroxylation is 3. The highest BCUT2D eigenvalue weighted by atomic mass is 35.5. The van der Waals surface area contributed by atoms with Crippen LogP contribution in [0.1, 0.15) is 29.3 Å². The number of nitrogens with zero attached hydrogens (tertiary/aromatic N) is 4. The normalized spacial score (nSPS) is 10.9. The fourth-order valence-corrected chi connectivity index (χ4v) is 2.66. The first-order valence-electron chi connectivity index (χ1n) is 8.18. The Kier molecular flexibility index (Phi) is 5.37. The summed E-state index contributed by atoms with van der Waals surface area (Å²) in [5.74, 6) is 1.62. The Balaban J connectivity index is 1.57. The number of benzene rings is 1. The highest BCUT2D eigenvalue weighted by molar-refractivity contribution is 6.30. The maximum absolute atomic E-state index is 12.3. The fraction of sp³-hybridized carbons (Fsp3) is 0.333. The van der Waals surface area contributed by atoms with Gasteiger partial charge in [-0.05, 0) is 38.1 Å². The number of rotatable bonds is 6. The van der Waals surface area contributed by atoms with Crippen molar-refractivity contribution in [2.24, 2.45) is 0 Å². The van der Waals surface area contributed by atoms with Gasteiger partial charge in [0.2, 0.25) is 17.6 Å². The zero-order valence-electron chi connectivity index (χ0n) is 14.8. The predicted octanol–water partition coefficient (Wildman–Crippen LogP) is 3.59. The van der Waals surface area contributed by atoms with E-state index in [1.54, 1.807) is 24.1 Å². The Morgan fingerprint density at radius 2 is 1.88 bits per heavy atom. The number of carbonyl (C=O) groups excluding carboxylic acids is 1. The number of amides is 1. The molecule has 136 valence electrons. The third kappa shape index (κ3) is 4.11. The smallest absolute Gasteiger partial charge is 0.227 e. The monoisotopic (exact) mass is 374 g/mol. The van der Waals surface area contributed by atoms with E-state index >= 15 is 0 Å². The molecule has 0 atom stereocenters. The van der Waals surface area contributed by atoms with E-state index in [0.717, 1.165) is 22.6 Å². The largest absolute Gasteiger partial charge is 0.361 e. The molecular formula is C18H19ClN4O3. The van der Waals surface area contributed by atoms with Gasteiger partial charge in [0.15, 0.2) is 0 Å². The van der Waals surface area contributed by atoms with Crippen molar-refractivity contribution in [1.29, 1.82) is 0 Å². The summed E-state index contributed by atoms with van der Waals surface area (Å²) >= 11 is 5.87. The zero-order chi connectivity index (χ0) is 18.7. The summed E-state index contributed by atoms with van der Waals surface area (Å²) in [7, 11) is 1.75. The van der Waals surface area contributed by atoms with E-state index in [-0.39, 0.29) is 12.3 Å². The lowest BCUT2D eigenvalue weighted by molar-refractivity contribution is -0.130. The molecule has 26 heavy (non-hydrogen) atoms. The first kappa shape index (κ1) is 18.1. The van der Waals surface area contributed by atoms with Gasteiger partial charge in [-0.25, -0.2) is 0 Å². The summed E-state index contributed by atoms with van der Waals surface area (Å²) in [6.45, 7) is 4.16. The number of aromatic nitrogens is 3. The molecule has 0 aliphatic heterocycles. The molecule has 0 N–H and O–H groups in total. The second-order valence-electron chi connectivity index (χ2n) is 6.07. The van der Waals surface area contributed by atoms with E-state index < -0.39 is 0 Å². The van der Waals surface area contributed by atoms with Crippen LogP contribution >= 0.6 is 11.6 Å². The van der Waals surface area contributed by atoms with Crippen LogP contribution in [-0.2, 0) is 17.8 Å². The molecule has 0 fully saturated rings. The Bertz CT molecular complexity index is 882. The fourth-order valence-electron chi connectivity index (χ4n) is 2.53. The van der Waals surface area contributed by atoms with Crippen LogP contribution in [0.5, 0.6) is 0 Å². The van der Waals surface area contributed by atoms with Crippen molar-refractivity contribution in [3.63, 3.8) is 0 Å². The Labute approximate surface area is 155 Å². The average Bonchev–Trinajstić information content (AvgIpc) is 3.22. The molecule has 3 aromatic rings. The molecule has 1 amide bonds. The Hall–Kier alpha value is -2.67. The molecule has 0 saturated heterocycles. The molecule has 0 radical (unpaired) electrons. The first-order valence-corrected chi connectivity index (χ1v) is 8.56. The van der Waals surface area contributed by atoms with Crippen molar-refractivity contribution in [3.8, 4) is 11.4 Å². The van der Waals surface area contributed by atoms with Gasteiger partial charge in [-0.3, -0.25) is 4.79 Å². The summed E-state index contributed by atoms with van der Waals surface area (Å²) < 4.78 is 10.4. The first-order chi connectivity index (χ1) is 12.4. The van der Waals surface area contributed by atoms with Gasteiger partial charge in [-0.15, -0.1) is 0 Å². The lowest BCUT2D eigenvalue weighted by atomic mass is 10.2. The summed E-state index contributed by atoms with van der Waals surface area (Å²) in [6.07, 6.45) is 0.660. The van der Waals surface area contributed by atoms with Crippen LogP contribution in [-0.4, -0.2) is 33.2 Å². The SMILES string of the molecule is Cc1noc(C)c1CN(C)C(=O)CCc1nc(-c2ccc(Cl)cc2)no1. The maximum Gasteiger partial charge on any atom is 0.227 e. The minimum absolute atomic E-state index is 0.0174. The van der Waals surface area contributed by atoms with E-state index in [2.05, 4.69) is 15.3 Å². The van der Waals surface area contributed by atoms with Crippen LogP contribution in [0.15, 0.2) is 33.3 Å². The molecule has 3 rings (SSSR count). The molecule has 1 aromatic carbocycles. The lowest BCUT2D eigenvalue weighted by Crippen LogP contribution is -2.26. The minimum Gasteiger partial charge on any atom is -0.361 e. The van der Waals surface area contributed by atoms with Crippen molar-refractivity contribution in [2.75, 3.05) is 7.05 Å². The molecule has 0 unspecified atom stereocenters. The van der Waals surface area contributed by atoms with Crippen molar-refractivity contribution < 1.29 is 13.8 Å². The molecule has 7 nitrogen and oxygen atoms in total. The molecule has 8 heteroatoms. The average molecular weight is 375 g/mol. The molecule has 0 spiro atoms. The number of carbonyl (C=O) groups is 1. The topological polar surface area (TPSA) is 85.3 Å². The van der Waals surface area contributed by atoms with E-state index in [0.29, 0.717) is 29.7 Å². The highest BCUT2D eigenvalue weighted by Gasteiger charge is 2.17. The molecule has 0 bridgehead atoms. The molecule has 0 aliphatic carbocycles. The van der Waals surface area contributed by atoms with Crippen LogP contribution < -0.4 is 0 Å². The number of halogens is 1. The van der Waals surface area contributed by atoms with Crippen molar-refractivity contribution in [2.45, 2.75) is 33.2 Å².